The molecule has 0 saturated carbocycles. The van der Waals surface area contributed by atoms with Gasteiger partial charge in [0.05, 0.1) is 4.88 Å². The first-order chi connectivity index (χ1) is 9.02. The number of amides is 1. The van der Waals surface area contributed by atoms with Crippen LogP contribution in [-0.4, -0.2) is 24.1 Å². The molecule has 0 fully saturated rings. The zero-order chi connectivity index (χ0) is 13.9. The van der Waals surface area contributed by atoms with Crippen molar-refractivity contribution in [3.8, 4) is 0 Å². The van der Waals surface area contributed by atoms with E-state index >= 15 is 0 Å². The first-order valence-electron chi connectivity index (χ1n) is 6.55. The topological polar surface area (TPSA) is 29.1 Å². The molecule has 1 aromatic rings. The molecular formula is C14H20ClNOS2. The van der Waals surface area contributed by atoms with Gasteiger partial charge in [0.25, 0.3) is 5.91 Å². The zero-order valence-electron chi connectivity index (χ0n) is 11.4. The van der Waals surface area contributed by atoms with E-state index in [9.17, 15) is 4.79 Å². The number of nitrogens with one attached hydrogen (secondary N) is 1. The Morgan fingerprint density at radius 3 is 3.00 bits per heavy atom. The highest BCUT2D eigenvalue weighted by atomic mass is 35.5. The fourth-order valence-corrected chi connectivity index (χ4v) is 4.81. The van der Waals surface area contributed by atoms with Crippen LogP contribution in [0.25, 0.3) is 0 Å². The molecule has 106 valence electrons. The molecule has 19 heavy (non-hydrogen) atoms. The molecule has 0 aliphatic carbocycles. The van der Waals surface area contributed by atoms with Crippen molar-refractivity contribution in [2.75, 3.05) is 18.2 Å². The van der Waals surface area contributed by atoms with Crippen LogP contribution in [0.1, 0.15) is 40.4 Å². The Labute approximate surface area is 128 Å². The maximum atomic E-state index is 12.2. The molecule has 1 N–H and O–H groups in total. The number of halogens is 1. The normalized spacial score (nSPS) is 15.1. The minimum Gasteiger partial charge on any atom is -0.351 e. The minimum absolute atomic E-state index is 0.0597. The summed E-state index contributed by atoms with van der Waals surface area (Å²) in [5.41, 5.74) is 1.41. The number of rotatable bonds is 5. The standard InChI is InChI=1S/C14H20ClNOS2/c1-14(2,4-5-15)9-16-13(17)12-7-10-8-18-6-3-11(10)19-12/h7H,3-6,8-9H2,1-2H3,(H,16,17). The van der Waals surface area contributed by atoms with Crippen LogP contribution in [0.4, 0.5) is 0 Å². The number of hydrogen-bond acceptors (Lipinski definition) is 3. The molecule has 2 nitrogen and oxygen atoms in total. The summed E-state index contributed by atoms with van der Waals surface area (Å²) in [5, 5.41) is 3.04. The van der Waals surface area contributed by atoms with Crippen LogP contribution in [0.2, 0.25) is 0 Å². The van der Waals surface area contributed by atoms with Gasteiger partial charge in [-0.15, -0.1) is 22.9 Å². The lowest BCUT2D eigenvalue weighted by Crippen LogP contribution is -2.33. The number of carbonyl (C=O) groups is 1. The van der Waals surface area contributed by atoms with E-state index in [1.165, 1.54) is 16.2 Å². The lowest BCUT2D eigenvalue weighted by Gasteiger charge is -2.23. The Morgan fingerprint density at radius 1 is 1.53 bits per heavy atom. The maximum absolute atomic E-state index is 12.2. The van der Waals surface area contributed by atoms with E-state index in [0.717, 1.165) is 23.5 Å². The summed E-state index contributed by atoms with van der Waals surface area (Å²) in [4.78, 5) is 14.4. The second kappa shape index (κ2) is 6.51. The molecule has 2 rings (SSSR count). The van der Waals surface area contributed by atoms with Crippen molar-refractivity contribution in [3.63, 3.8) is 0 Å². The summed E-state index contributed by atoms with van der Waals surface area (Å²) in [6, 6.07) is 2.07. The predicted octanol–water partition coefficient (Wildman–Crippen LogP) is 3.92. The molecule has 1 amide bonds. The number of carbonyl (C=O) groups excluding carboxylic acids is 1. The molecule has 0 aromatic carbocycles. The second-order valence-corrected chi connectivity index (χ2v) is 8.27. The first-order valence-corrected chi connectivity index (χ1v) is 9.06. The third kappa shape index (κ3) is 4.14. The lowest BCUT2D eigenvalue weighted by atomic mass is 9.90. The third-order valence-electron chi connectivity index (χ3n) is 3.35. The number of thiophene rings is 1. The van der Waals surface area contributed by atoms with Crippen molar-refractivity contribution in [2.45, 2.75) is 32.4 Å². The highest BCUT2D eigenvalue weighted by Gasteiger charge is 2.21. The third-order valence-corrected chi connectivity index (χ3v) is 5.78. The monoisotopic (exact) mass is 317 g/mol. The smallest absolute Gasteiger partial charge is 0.261 e. The van der Waals surface area contributed by atoms with Crippen LogP contribution in [0.3, 0.4) is 0 Å². The van der Waals surface area contributed by atoms with E-state index in [4.69, 9.17) is 11.6 Å². The van der Waals surface area contributed by atoms with Gasteiger partial charge in [0.15, 0.2) is 0 Å². The second-order valence-electron chi connectivity index (χ2n) is 5.65. The summed E-state index contributed by atoms with van der Waals surface area (Å²) in [6.45, 7) is 4.94. The van der Waals surface area contributed by atoms with Crippen molar-refractivity contribution in [2.24, 2.45) is 5.41 Å². The van der Waals surface area contributed by atoms with Crippen LogP contribution in [0.5, 0.6) is 0 Å². The molecule has 0 bridgehead atoms. The molecule has 1 aliphatic rings. The van der Waals surface area contributed by atoms with Gasteiger partial charge >= 0.3 is 0 Å². The molecule has 0 radical (unpaired) electrons. The van der Waals surface area contributed by atoms with E-state index in [1.54, 1.807) is 11.3 Å². The van der Waals surface area contributed by atoms with Crippen molar-refractivity contribution >= 4 is 40.6 Å². The predicted molar refractivity (Wildman–Crippen MR) is 85.6 cm³/mol. The van der Waals surface area contributed by atoms with Crippen molar-refractivity contribution in [1.82, 2.24) is 5.32 Å². The number of aryl methyl sites for hydroxylation is 1. The number of fused-ring (bicyclic) bond motifs is 1. The minimum atomic E-state index is 0.0597. The number of thioether (sulfide) groups is 1. The van der Waals surface area contributed by atoms with Crippen LogP contribution in [0, 0.1) is 5.41 Å². The van der Waals surface area contributed by atoms with Crippen LogP contribution >= 0.6 is 34.7 Å². The molecule has 1 aromatic heterocycles. The highest BCUT2D eigenvalue weighted by Crippen LogP contribution is 2.31. The fourth-order valence-electron chi connectivity index (χ4n) is 2.01. The quantitative estimate of drug-likeness (QED) is 0.834. The Morgan fingerprint density at radius 2 is 2.32 bits per heavy atom. The van der Waals surface area contributed by atoms with Gasteiger partial charge in [-0.25, -0.2) is 0 Å². The van der Waals surface area contributed by atoms with Gasteiger partial charge in [0.2, 0.25) is 0 Å². The molecule has 2 heterocycles. The van der Waals surface area contributed by atoms with E-state index in [-0.39, 0.29) is 11.3 Å². The Balaban J connectivity index is 1.95. The largest absolute Gasteiger partial charge is 0.351 e. The average molecular weight is 318 g/mol. The van der Waals surface area contributed by atoms with Crippen molar-refractivity contribution < 1.29 is 4.79 Å². The Bertz CT molecular complexity index is 433. The van der Waals surface area contributed by atoms with Crippen LogP contribution in [0.15, 0.2) is 6.07 Å². The SMILES string of the molecule is CC(C)(CCCl)CNC(=O)c1cc2c(s1)CCSC2. The summed E-state index contributed by atoms with van der Waals surface area (Å²) in [6.07, 6.45) is 2.02. The average Bonchev–Trinajstić information content (AvgIpc) is 2.79. The molecule has 0 atom stereocenters. The van der Waals surface area contributed by atoms with Gasteiger partial charge < -0.3 is 5.32 Å². The van der Waals surface area contributed by atoms with Crippen LogP contribution in [-0.2, 0) is 12.2 Å². The number of alkyl halides is 1. The van der Waals surface area contributed by atoms with Crippen molar-refractivity contribution in [3.05, 3.63) is 21.4 Å². The van der Waals surface area contributed by atoms with Crippen molar-refractivity contribution in [1.29, 1.82) is 0 Å². The molecular weight excluding hydrogens is 298 g/mol. The van der Waals surface area contributed by atoms with Gasteiger partial charge in [-0.05, 0) is 35.6 Å². The van der Waals surface area contributed by atoms with E-state index in [0.29, 0.717) is 12.4 Å². The molecule has 0 spiro atoms. The zero-order valence-corrected chi connectivity index (χ0v) is 13.8. The van der Waals surface area contributed by atoms with Gasteiger partial charge in [0, 0.05) is 23.1 Å². The number of hydrogen-bond donors (Lipinski definition) is 1. The molecule has 5 heteroatoms. The summed E-state index contributed by atoms with van der Waals surface area (Å²) in [7, 11) is 0. The fraction of sp³-hybridized carbons (Fsp3) is 0.643. The van der Waals surface area contributed by atoms with Gasteiger partial charge in [-0.1, -0.05) is 13.8 Å². The van der Waals surface area contributed by atoms with Crippen LogP contribution < -0.4 is 5.32 Å². The summed E-state index contributed by atoms with van der Waals surface area (Å²) in [5.74, 6) is 2.92. The highest BCUT2D eigenvalue weighted by molar-refractivity contribution is 7.98. The van der Waals surface area contributed by atoms with E-state index < -0.39 is 0 Å². The lowest BCUT2D eigenvalue weighted by molar-refractivity contribution is 0.0940. The van der Waals surface area contributed by atoms with E-state index in [2.05, 4.69) is 25.2 Å². The Hall–Kier alpha value is -0.190. The molecule has 0 unspecified atom stereocenters. The maximum Gasteiger partial charge on any atom is 0.261 e. The van der Waals surface area contributed by atoms with E-state index in [1.807, 2.05) is 11.8 Å². The molecule has 1 aliphatic heterocycles. The first kappa shape index (κ1) is 15.2. The summed E-state index contributed by atoms with van der Waals surface area (Å²) >= 11 is 9.38. The van der Waals surface area contributed by atoms with Gasteiger partial charge in [-0.2, -0.15) is 11.8 Å². The summed E-state index contributed by atoms with van der Waals surface area (Å²) < 4.78 is 0. The Kier molecular flexibility index (Phi) is 5.21. The molecule has 0 saturated heterocycles. The van der Waals surface area contributed by atoms with Gasteiger partial charge in [-0.3, -0.25) is 4.79 Å². The van der Waals surface area contributed by atoms with Gasteiger partial charge in [0.1, 0.15) is 0 Å².